The molecule has 2 fully saturated rings. The highest BCUT2D eigenvalue weighted by Crippen LogP contribution is 2.42. The van der Waals surface area contributed by atoms with Gasteiger partial charge in [-0.3, -0.25) is 14.6 Å². The van der Waals surface area contributed by atoms with E-state index >= 15 is 0 Å². The molecule has 0 aliphatic carbocycles. The van der Waals surface area contributed by atoms with Crippen LogP contribution in [0.1, 0.15) is 53.4 Å². The quantitative estimate of drug-likeness (QED) is 0.732. The molecule has 1 aromatic heterocycles. The van der Waals surface area contributed by atoms with Gasteiger partial charge in [-0.2, -0.15) is 13.2 Å². The predicted molar refractivity (Wildman–Crippen MR) is 108 cm³/mol. The van der Waals surface area contributed by atoms with Gasteiger partial charge < -0.3 is 9.80 Å². The van der Waals surface area contributed by atoms with Crippen molar-refractivity contribution in [3.8, 4) is 0 Å². The number of halogens is 3. The number of aromatic nitrogens is 1. The number of hydrogen-bond donors (Lipinski definition) is 0. The van der Waals surface area contributed by atoms with Crippen molar-refractivity contribution < 1.29 is 22.8 Å². The van der Waals surface area contributed by atoms with Crippen LogP contribution >= 0.6 is 0 Å². The van der Waals surface area contributed by atoms with Crippen LogP contribution in [0.5, 0.6) is 0 Å². The smallest absolute Gasteiger partial charge is 0.333 e. The molecule has 1 aromatic carbocycles. The van der Waals surface area contributed by atoms with Gasteiger partial charge in [0.25, 0.3) is 5.91 Å². The fourth-order valence-corrected chi connectivity index (χ4v) is 4.72. The van der Waals surface area contributed by atoms with E-state index in [1.165, 1.54) is 12.1 Å². The lowest BCUT2D eigenvalue weighted by Crippen LogP contribution is -2.60. The number of amides is 2. The van der Waals surface area contributed by atoms with Gasteiger partial charge in [0.05, 0.1) is 22.7 Å². The summed E-state index contributed by atoms with van der Waals surface area (Å²) < 4.78 is 38.6. The molecule has 0 N–H and O–H groups in total. The molecule has 2 amide bonds. The van der Waals surface area contributed by atoms with Crippen molar-refractivity contribution in [3.63, 3.8) is 0 Å². The molecular formula is C23H24F3N3O2. The first-order valence-corrected chi connectivity index (χ1v) is 10.3. The lowest BCUT2D eigenvalue weighted by atomic mass is 9.82. The van der Waals surface area contributed by atoms with Crippen molar-refractivity contribution in [2.45, 2.75) is 57.4 Å². The first-order chi connectivity index (χ1) is 14.6. The zero-order valence-corrected chi connectivity index (χ0v) is 17.4. The number of nitrogens with zero attached hydrogens (tertiary/aromatic N) is 3. The Labute approximate surface area is 178 Å². The van der Waals surface area contributed by atoms with E-state index in [-0.39, 0.29) is 24.4 Å². The van der Waals surface area contributed by atoms with Crippen LogP contribution in [0.15, 0.2) is 42.6 Å². The topological polar surface area (TPSA) is 53.5 Å². The summed E-state index contributed by atoms with van der Waals surface area (Å²) in [5.41, 5.74) is 0.700. The second-order valence-electron chi connectivity index (χ2n) is 8.52. The van der Waals surface area contributed by atoms with Crippen molar-refractivity contribution in [2.75, 3.05) is 6.54 Å². The maximum Gasteiger partial charge on any atom is 0.416 e. The Balaban J connectivity index is 1.56. The third-order valence-corrected chi connectivity index (χ3v) is 6.54. The van der Waals surface area contributed by atoms with Crippen molar-refractivity contribution in [2.24, 2.45) is 0 Å². The van der Waals surface area contributed by atoms with Crippen LogP contribution in [-0.2, 0) is 17.5 Å². The van der Waals surface area contributed by atoms with Crippen LogP contribution < -0.4 is 0 Å². The van der Waals surface area contributed by atoms with Gasteiger partial charge in [-0.15, -0.1) is 0 Å². The monoisotopic (exact) mass is 431 g/mol. The van der Waals surface area contributed by atoms with E-state index in [0.29, 0.717) is 36.9 Å². The number of pyridine rings is 1. The number of aryl methyl sites for hydroxylation is 1. The Morgan fingerprint density at radius 1 is 1.19 bits per heavy atom. The van der Waals surface area contributed by atoms with Crippen molar-refractivity contribution in [1.29, 1.82) is 0 Å². The number of rotatable bonds is 3. The minimum atomic E-state index is -4.40. The van der Waals surface area contributed by atoms with Gasteiger partial charge in [0.15, 0.2) is 0 Å². The van der Waals surface area contributed by atoms with Gasteiger partial charge in [0.1, 0.15) is 0 Å². The van der Waals surface area contributed by atoms with Crippen molar-refractivity contribution in [3.05, 3.63) is 65.0 Å². The fourth-order valence-electron chi connectivity index (χ4n) is 4.72. The van der Waals surface area contributed by atoms with E-state index in [9.17, 15) is 22.8 Å². The van der Waals surface area contributed by atoms with Gasteiger partial charge in [0.2, 0.25) is 5.91 Å². The van der Waals surface area contributed by atoms with Crippen LogP contribution in [0.4, 0.5) is 13.2 Å². The molecule has 2 aromatic rings. The molecule has 5 nitrogen and oxygen atoms in total. The maximum absolute atomic E-state index is 13.1. The molecule has 2 atom stereocenters. The normalized spacial score (nSPS) is 23.8. The number of benzene rings is 1. The lowest BCUT2D eigenvalue weighted by Gasteiger charge is -2.47. The Morgan fingerprint density at radius 3 is 2.52 bits per heavy atom. The summed E-state index contributed by atoms with van der Waals surface area (Å²) in [6.45, 7) is 4.56. The molecule has 2 aliphatic heterocycles. The average Bonchev–Trinajstić information content (AvgIpc) is 3.07. The zero-order valence-electron chi connectivity index (χ0n) is 17.4. The molecule has 2 saturated heterocycles. The summed E-state index contributed by atoms with van der Waals surface area (Å²) in [4.78, 5) is 33.7. The predicted octanol–water partition coefficient (Wildman–Crippen LogP) is 4.20. The molecule has 31 heavy (non-hydrogen) atoms. The largest absolute Gasteiger partial charge is 0.416 e. The molecule has 0 radical (unpaired) electrons. The molecule has 2 aliphatic rings. The molecular weight excluding hydrogens is 407 g/mol. The minimum absolute atomic E-state index is 0.0371. The van der Waals surface area contributed by atoms with Gasteiger partial charge in [-0.05, 0) is 56.5 Å². The summed E-state index contributed by atoms with van der Waals surface area (Å²) >= 11 is 0. The second kappa shape index (κ2) is 7.66. The molecule has 164 valence electrons. The zero-order chi connectivity index (χ0) is 22.4. The summed E-state index contributed by atoms with van der Waals surface area (Å²) in [5.74, 6) is -0.144. The van der Waals surface area contributed by atoms with Crippen LogP contribution in [-0.4, -0.2) is 44.7 Å². The molecule has 0 unspecified atom stereocenters. The van der Waals surface area contributed by atoms with Gasteiger partial charge in [-0.1, -0.05) is 12.1 Å². The van der Waals surface area contributed by atoms with Crippen LogP contribution in [0.3, 0.4) is 0 Å². The Hall–Kier alpha value is -2.90. The second-order valence-corrected chi connectivity index (χ2v) is 8.52. The van der Waals surface area contributed by atoms with Gasteiger partial charge >= 0.3 is 6.18 Å². The average molecular weight is 431 g/mol. The Bertz CT molecular complexity index is 989. The molecule has 4 rings (SSSR count). The molecule has 0 bridgehead atoms. The van der Waals surface area contributed by atoms with E-state index in [0.717, 1.165) is 17.8 Å². The van der Waals surface area contributed by atoms with Crippen LogP contribution in [0.2, 0.25) is 0 Å². The van der Waals surface area contributed by atoms with E-state index < -0.39 is 17.3 Å². The molecule has 8 heteroatoms. The van der Waals surface area contributed by atoms with Crippen LogP contribution in [0.25, 0.3) is 0 Å². The fraction of sp³-hybridized carbons (Fsp3) is 0.435. The van der Waals surface area contributed by atoms with E-state index in [1.807, 2.05) is 18.7 Å². The maximum atomic E-state index is 13.1. The summed E-state index contributed by atoms with van der Waals surface area (Å²) in [5, 5.41) is 0. The number of fused-ring (bicyclic) bond motifs is 1. The van der Waals surface area contributed by atoms with Crippen molar-refractivity contribution >= 4 is 11.8 Å². The third-order valence-electron chi connectivity index (χ3n) is 6.54. The number of alkyl halides is 3. The van der Waals surface area contributed by atoms with Crippen molar-refractivity contribution in [1.82, 2.24) is 14.8 Å². The number of hydrogen-bond acceptors (Lipinski definition) is 3. The standard InChI is InChI=1S/C23H24F3N3O2/c1-15-3-6-17(13-27-15)21(31)28-12-11-22(2)19(28)9-10-20(30)29(22)14-16-4-7-18(8-5-16)23(24,25)26/h3-8,13,19H,9-12,14H2,1-2H3/t19-,22-/m0/s1. The Morgan fingerprint density at radius 2 is 1.90 bits per heavy atom. The SMILES string of the molecule is Cc1ccc(C(=O)N2CC[C@@]3(C)[C@@H]2CCC(=O)N3Cc2ccc(C(F)(F)F)cc2)cn1. The van der Waals surface area contributed by atoms with Crippen LogP contribution in [0, 0.1) is 6.92 Å². The summed E-state index contributed by atoms with van der Waals surface area (Å²) in [6, 6.07) is 8.32. The lowest BCUT2D eigenvalue weighted by molar-refractivity contribution is -0.144. The highest BCUT2D eigenvalue weighted by molar-refractivity contribution is 5.94. The number of likely N-dealkylation sites (tertiary alicyclic amines) is 2. The Kier molecular flexibility index (Phi) is 5.27. The molecule has 0 spiro atoms. The number of carbonyl (C=O) groups excluding carboxylic acids is 2. The van der Waals surface area contributed by atoms with E-state index in [2.05, 4.69) is 4.98 Å². The van der Waals surface area contributed by atoms with Gasteiger partial charge in [0, 0.05) is 31.4 Å². The minimum Gasteiger partial charge on any atom is -0.333 e. The first kappa shape index (κ1) is 21.3. The number of piperidine rings is 1. The highest BCUT2D eigenvalue weighted by atomic mass is 19.4. The van der Waals surface area contributed by atoms with Gasteiger partial charge in [-0.25, -0.2) is 0 Å². The number of carbonyl (C=O) groups is 2. The summed E-state index contributed by atoms with van der Waals surface area (Å²) in [7, 11) is 0. The third kappa shape index (κ3) is 3.91. The van der Waals surface area contributed by atoms with E-state index in [4.69, 9.17) is 0 Å². The first-order valence-electron chi connectivity index (χ1n) is 10.3. The van der Waals surface area contributed by atoms with E-state index in [1.54, 1.807) is 23.2 Å². The molecule has 3 heterocycles. The summed E-state index contributed by atoms with van der Waals surface area (Å²) in [6.07, 6.45) is -1.33. The molecule has 0 saturated carbocycles. The highest BCUT2D eigenvalue weighted by Gasteiger charge is 2.53.